The average molecular weight is 432 g/mol. The lowest BCUT2D eigenvalue weighted by molar-refractivity contribution is 0.454. The molecule has 0 aliphatic carbocycles. The molecular formula is C20H25N5O2S2. The number of rotatable bonds is 6. The summed E-state index contributed by atoms with van der Waals surface area (Å²) in [4.78, 5) is 9.76. The first-order chi connectivity index (χ1) is 13.8. The highest BCUT2D eigenvalue weighted by atomic mass is 32.2. The minimum absolute atomic E-state index is 0.0118. The molecule has 0 radical (unpaired) electrons. The van der Waals surface area contributed by atoms with Gasteiger partial charge in [-0.05, 0) is 19.4 Å². The van der Waals surface area contributed by atoms with E-state index >= 15 is 0 Å². The van der Waals surface area contributed by atoms with Crippen molar-refractivity contribution < 1.29 is 8.42 Å². The largest absolute Gasteiger partial charge is 0.339 e. The fraction of sp³-hybridized carbons (Fsp3) is 0.400. The second kappa shape index (κ2) is 7.98. The standard InChI is InChI=1S/C20H25N5O2S2/c1-14-19(28-15(2)23-14)9-21-18-11-25(10-17(18)16-7-5-4-6-8-16)29(26,27)20-12-24(3)13-22-20/h4-8,12-13,17-18,21H,9-11H2,1-3H3. The van der Waals surface area contributed by atoms with E-state index < -0.39 is 10.0 Å². The smallest absolute Gasteiger partial charge is 0.262 e. The Morgan fingerprint density at radius 1 is 1.21 bits per heavy atom. The Morgan fingerprint density at radius 3 is 2.59 bits per heavy atom. The molecule has 0 amide bonds. The summed E-state index contributed by atoms with van der Waals surface area (Å²) in [5, 5.41) is 4.74. The van der Waals surface area contributed by atoms with E-state index in [-0.39, 0.29) is 17.0 Å². The molecule has 29 heavy (non-hydrogen) atoms. The lowest BCUT2D eigenvalue weighted by Crippen LogP contribution is -2.36. The topological polar surface area (TPSA) is 80.1 Å². The number of benzene rings is 1. The van der Waals surface area contributed by atoms with Crippen molar-refractivity contribution in [2.45, 2.75) is 37.4 Å². The van der Waals surface area contributed by atoms with Crippen molar-refractivity contribution in [3.05, 3.63) is 64.0 Å². The Morgan fingerprint density at radius 2 is 1.97 bits per heavy atom. The Kier molecular flexibility index (Phi) is 5.56. The van der Waals surface area contributed by atoms with E-state index in [4.69, 9.17) is 0 Å². The number of nitrogens with zero attached hydrogens (tertiary/aromatic N) is 4. The molecule has 1 aromatic carbocycles. The molecule has 4 rings (SSSR count). The lowest BCUT2D eigenvalue weighted by atomic mass is 9.94. The molecule has 154 valence electrons. The summed E-state index contributed by atoms with van der Waals surface area (Å²) in [7, 11) is -1.86. The van der Waals surface area contributed by atoms with E-state index in [1.807, 2.05) is 32.0 Å². The first kappa shape index (κ1) is 20.2. The molecular weight excluding hydrogens is 406 g/mol. The first-order valence-electron chi connectivity index (χ1n) is 9.54. The Balaban J connectivity index is 1.58. The summed E-state index contributed by atoms with van der Waals surface area (Å²) in [6, 6.07) is 10.1. The zero-order chi connectivity index (χ0) is 20.6. The molecule has 0 saturated carbocycles. The third kappa shape index (κ3) is 4.13. The van der Waals surface area contributed by atoms with Crippen LogP contribution in [0.2, 0.25) is 0 Å². The third-order valence-electron chi connectivity index (χ3n) is 5.32. The molecule has 1 fully saturated rings. The maximum absolute atomic E-state index is 13.1. The van der Waals surface area contributed by atoms with Gasteiger partial charge in [-0.15, -0.1) is 11.3 Å². The van der Waals surface area contributed by atoms with Crippen molar-refractivity contribution in [2.75, 3.05) is 13.1 Å². The monoisotopic (exact) mass is 431 g/mol. The molecule has 3 heterocycles. The Labute approximate surface area is 175 Å². The number of sulfonamides is 1. The Bertz CT molecular complexity index is 1090. The predicted molar refractivity (Wildman–Crippen MR) is 113 cm³/mol. The highest BCUT2D eigenvalue weighted by Crippen LogP contribution is 2.31. The predicted octanol–water partition coefficient (Wildman–Crippen LogP) is 2.44. The van der Waals surface area contributed by atoms with Gasteiger partial charge in [0.25, 0.3) is 10.0 Å². The molecule has 2 atom stereocenters. The van der Waals surface area contributed by atoms with Crippen molar-refractivity contribution in [1.82, 2.24) is 24.2 Å². The maximum Gasteiger partial charge on any atom is 0.262 e. The summed E-state index contributed by atoms with van der Waals surface area (Å²) in [5.74, 6) is 0.0732. The van der Waals surface area contributed by atoms with Crippen LogP contribution in [0.3, 0.4) is 0 Å². The summed E-state index contributed by atoms with van der Waals surface area (Å²) in [6.07, 6.45) is 3.07. The van der Waals surface area contributed by atoms with E-state index in [0.29, 0.717) is 19.6 Å². The van der Waals surface area contributed by atoms with E-state index in [9.17, 15) is 8.42 Å². The van der Waals surface area contributed by atoms with Crippen molar-refractivity contribution >= 4 is 21.4 Å². The van der Waals surface area contributed by atoms with Crippen LogP contribution in [0.15, 0.2) is 47.9 Å². The van der Waals surface area contributed by atoms with Gasteiger partial charge in [-0.25, -0.2) is 18.4 Å². The van der Waals surface area contributed by atoms with Gasteiger partial charge in [0.1, 0.15) is 0 Å². The van der Waals surface area contributed by atoms with E-state index in [1.165, 1.54) is 11.2 Å². The SMILES string of the molecule is Cc1nc(C)c(CNC2CN(S(=O)(=O)c3cn(C)cn3)CC2c2ccccc2)s1. The molecule has 2 aromatic heterocycles. The summed E-state index contributed by atoms with van der Waals surface area (Å²) in [5.41, 5.74) is 2.17. The zero-order valence-electron chi connectivity index (χ0n) is 16.7. The molecule has 9 heteroatoms. The van der Waals surface area contributed by atoms with E-state index in [1.54, 1.807) is 33.5 Å². The Hall–Kier alpha value is -2.07. The lowest BCUT2D eigenvalue weighted by Gasteiger charge is -2.20. The van der Waals surface area contributed by atoms with Crippen molar-refractivity contribution in [3.8, 4) is 0 Å². The molecule has 3 aromatic rings. The number of thiazole rings is 1. The summed E-state index contributed by atoms with van der Waals surface area (Å²) in [6.45, 7) is 5.55. The molecule has 1 N–H and O–H groups in total. The quantitative estimate of drug-likeness (QED) is 0.648. The van der Waals surface area contributed by atoms with Crippen molar-refractivity contribution in [3.63, 3.8) is 0 Å². The number of aryl methyl sites for hydroxylation is 3. The molecule has 1 aliphatic rings. The number of imidazole rings is 1. The van der Waals surface area contributed by atoms with Gasteiger partial charge in [0.15, 0.2) is 5.03 Å². The fourth-order valence-electron chi connectivity index (χ4n) is 3.82. The number of nitrogens with one attached hydrogen (secondary N) is 1. The summed E-state index contributed by atoms with van der Waals surface area (Å²) < 4.78 is 29.4. The first-order valence-corrected chi connectivity index (χ1v) is 11.8. The molecule has 1 aliphatic heterocycles. The van der Waals surface area contributed by atoms with Crippen molar-refractivity contribution in [2.24, 2.45) is 7.05 Å². The van der Waals surface area contributed by atoms with Gasteiger partial charge < -0.3 is 9.88 Å². The summed E-state index contributed by atoms with van der Waals surface area (Å²) >= 11 is 1.68. The van der Waals surface area contributed by atoms with Gasteiger partial charge >= 0.3 is 0 Å². The average Bonchev–Trinajstić information content (AvgIpc) is 3.39. The van der Waals surface area contributed by atoms with Crippen LogP contribution in [0.1, 0.15) is 27.1 Å². The van der Waals surface area contributed by atoms with E-state index in [0.717, 1.165) is 16.3 Å². The van der Waals surface area contributed by atoms with Gasteiger partial charge in [-0.2, -0.15) is 4.31 Å². The van der Waals surface area contributed by atoms with Crippen LogP contribution in [0.5, 0.6) is 0 Å². The molecule has 1 saturated heterocycles. The molecule has 0 spiro atoms. The third-order valence-corrected chi connectivity index (χ3v) is 8.11. The van der Waals surface area contributed by atoms with Crippen LogP contribution in [-0.2, 0) is 23.6 Å². The van der Waals surface area contributed by atoms with Gasteiger partial charge in [0.05, 0.1) is 17.0 Å². The molecule has 2 unspecified atom stereocenters. The van der Waals surface area contributed by atoms with Gasteiger partial charge in [0.2, 0.25) is 0 Å². The highest BCUT2D eigenvalue weighted by Gasteiger charge is 2.40. The van der Waals surface area contributed by atoms with E-state index in [2.05, 4.69) is 27.4 Å². The second-order valence-corrected chi connectivity index (χ2v) is 10.6. The van der Waals surface area contributed by atoms with Crippen LogP contribution >= 0.6 is 11.3 Å². The highest BCUT2D eigenvalue weighted by molar-refractivity contribution is 7.89. The molecule has 7 nitrogen and oxygen atoms in total. The number of aromatic nitrogens is 3. The van der Waals surface area contributed by atoms with Crippen molar-refractivity contribution in [1.29, 1.82) is 0 Å². The second-order valence-electron chi connectivity index (χ2n) is 7.45. The minimum atomic E-state index is -3.63. The molecule has 0 bridgehead atoms. The maximum atomic E-state index is 13.1. The van der Waals surface area contributed by atoms with Crippen LogP contribution < -0.4 is 5.32 Å². The van der Waals surface area contributed by atoms with Crippen LogP contribution in [0.25, 0.3) is 0 Å². The van der Waals surface area contributed by atoms with Crippen LogP contribution in [0, 0.1) is 13.8 Å². The minimum Gasteiger partial charge on any atom is -0.339 e. The van der Waals surface area contributed by atoms with Gasteiger partial charge in [-0.1, -0.05) is 30.3 Å². The number of hydrogen-bond donors (Lipinski definition) is 1. The van der Waals surface area contributed by atoms with Gasteiger partial charge in [0, 0.05) is 49.7 Å². The van der Waals surface area contributed by atoms with Gasteiger partial charge in [-0.3, -0.25) is 0 Å². The van der Waals surface area contributed by atoms with Crippen LogP contribution in [0.4, 0.5) is 0 Å². The number of hydrogen-bond acceptors (Lipinski definition) is 6. The van der Waals surface area contributed by atoms with Crippen LogP contribution in [-0.4, -0.2) is 46.4 Å². The fourth-order valence-corrected chi connectivity index (χ4v) is 6.17. The normalized spacial score (nSPS) is 20.4. The zero-order valence-corrected chi connectivity index (χ0v) is 18.4.